The molecule has 1 aromatic heterocycles. The molecule has 0 unspecified atom stereocenters. The first-order chi connectivity index (χ1) is 15.9. The predicted octanol–water partition coefficient (Wildman–Crippen LogP) is 6.69. The molecule has 0 atom stereocenters. The predicted molar refractivity (Wildman–Crippen MR) is 132 cm³/mol. The molecule has 0 aliphatic carbocycles. The Morgan fingerprint density at radius 2 is 1.70 bits per heavy atom. The number of ether oxygens (including phenoxy) is 1. The van der Waals surface area contributed by atoms with Crippen LogP contribution in [0, 0.1) is 13.8 Å². The molecule has 5 nitrogen and oxygen atoms in total. The van der Waals surface area contributed by atoms with Gasteiger partial charge in [-0.3, -0.25) is 9.48 Å². The zero-order chi connectivity index (χ0) is 23.4. The van der Waals surface area contributed by atoms with Crippen LogP contribution in [0.5, 0.6) is 5.75 Å². The van der Waals surface area contributed by atoms with Crippen molar-refractivity contribution in [2.24, 2.45) is 0 Å². The number of nitrogens with zero attached hydrogens (tertiary/aromatic N) is 2. The van der Waals surface area contributed by atoms with Gasteiger partial charge in [0.15, 0.2) is 0 Å². The zero-order valence-corrected chi connectivity index (χ0v) is 19.8. The Morgan fingerprint density at radius 1 is 0.970 bits per heavy atom. The Labute approximate surface area is 202 Å². The van der Waals surface area contributed by atoms with Gasteiger partial charge in [-0.25, -0.2) is 0 Å². The third-order valence-corrected chi connectivity index (χ3v) is 6.00. The van der Waals surface area contributed by atoms with Crippen LogP contribution in [0.3, 0.4) is 0 Å². The van der Waals surface area contributed by atoms with Crippen LogP contribution in [0.15, 0.2) is 72.8 Å². The van der Waals surface area contributed by atoms with E-state index < -0.39 is 0 Å². The molecule has 33 heavy (non-hydrogen) atoms. The highest BCUT2D eigenvalue weighted by Crippen LogP contribution is 2.25. The summed E-state index contributed by atoms with van der Waals surface area (Å²) in [6.07, 6.45) is 0. The maximum absolute atomic E-state index is 13.0. The van der Waals surface area contributed by atoms with Crippen molar-refractivity contribution < 1.29 is 9.53 Å². The summed E-state index contributed by atoms with van der Waals surface area (Å²) >= 11 is 12.4. The lowest BCUT2D eigenvalue weighted by Crippen LogP contribution is -2.14. The molecule has 0 saturated carbocycles. The van der Waals surface area contributed by atoms with Crippen LogP contribution < -0.4 is 10.1 Å². The summed E-state index contributed by atoms with van der Waals surface area (Å²) in [6.45, 7) is 4.63. The van der Waals surface area contributed by atoms with Gasteiger partial charge >= 0.3 is 0 Å². The van der Waals surface area contributed by atoms with E-state index in [4.69, 9.17) is 27.9 Å². The second-order valence-electron chi connectivity index (χ2n) is 7.67. The third-order valence-electron chi connectivity index (χ3n) is 5.32. The number of carbonyl (C=O) groups excluding carboxylic acids is 1. The van der Waals surface area contributed by atoms with Crippen molar-refractivity contribution in [3.8, 4) is 5.75 Å². The molecule has 0 aliphatic rings. The highest BCUT2D eigenvalue weighted by atomic mass is 35.5. The maximum atomic E-state index is 13.0. The van der Waals surface area contributed by atoms with E-state index in [1.807, 2.05) is 79.2 Å². The Morgan fingerprint density at radius 3 is 2.45 bits per heavy atom. The van der Waals surface area contributed by atoms with Crippen molar-refractivity contribution in [2.75, 3.05) is 5.32 Å². The smallest absolute Gasteiger partial charge is 0.255 e. The summed E-state index contributed by atoms with van der Waals surface area (Å²) in [5.41, 5.74) is 4.67. The van der Waals surface area contributed by atoms with E-state index in [1.54, 1.807) is 12.1 Å². The molecule has 1 heterocycles. The summed E-state index contributed by atoms with van der Waals surface area (Å²) in [6, 6.07) is 22.3. The van der Waals surface area contributed by atoms with E-state index >= 15 is 0 Å². The second-order valence-corrected chi connectivity index (χ2v) is 8.48. The number of amides is 1. The first-order valence-electron chi connectivity index (χ1n) is 10.5. The van der Waals surface area contributed by atoms with Crippen molar-refractivity contribution in [3.05, 3.63) is 111 Å². The molecule has 0 aliphatic heterocycles. The van der Waals surface area contributed by atoms with Crippen LogP contribution in [0.1, 0.15) is 32.9 Å². The van der Waals surface area contributed by atoms with Crippen molar-refractivity contribution in [1.29, 1.82) is 0 Å². The molecule has 1 amide bonds. The number of anilines is 1. The summed E-state index contributed by atoms with van der Waals surface area (Å²) < 4.78 is 7.64. The van der Waals surface area contributed by atoms with Crippen LogP contribution in [0.25, 0.3) is 0 Å². The van der Waals surface area contributed by atoms with E-state index in [9.17, 15) is 4.79 Å². The van der Waals surface area contributed by atoms with Gasteiger partial charge in [-0.05, 0) is 55.3 Å². The topological polar surface area (TPSA) is 56.2 Å². The second kappa shape index (κ2) is 10.1. The summed E-state index contributed by atoms with van der Waals surface area (Å²) in [5.74, 6) is 0.393. The summed E-state index contributed by atoms with van der Waals surface area (Å²) in [4.78, 5) is 13.0. The molecule has 0 bridgehead atoms. The van der Waals surface area contributed by atoms with Gasteiger partial charge in [-0.1, -0.05) is 65.7 Å². The van der Waals surface area contributed by atoms with Gasteiger partial charge in [0.2, 0.25) is 0 Å². The standard InChI is InChI=1S/C26H23Cl2N3O2/c1-17-25(18(2)31(30-17)15-21-9-3-4-11-22(21)27)29-26(32)20-10-7-8-19(14-20)16-33-24-13-6-5-12-23(24)28/h3-14H,15-16H2,1-2H3,(H,29,32). The molecule has 1 N–H and O–H groups in total. The minimum Gasteiger partial charge on any atom is -0.487 e. The highest BCUT2D eigenvalue weighted by Gasteiger charge is 2.16. The van der Waals surface area contributed by atoms with Gasteiger partial charge in [-0.15, -0.1) is 0 Å². The van der Waals surface area contributed by atoms with Gasteiger partial charge < -0.3 is 10.1 Å². The zero-order valence-electron chi connectivity index (χ0n) is 18.3. The molecule has 0 spiro atoms. The highest BCUT2D eigenvalue weighted by molar-refractivity contribution is 6.32. The number of halogens is 2. The van der Waals surface area contributed by atoms with Crippen LogP contribution >= 0.6 is 23.2 Å². The third kappa shape index (κ3) is 5.38. The van der Waals surface area contributed by atoms with Gasteiger partial charge in [0.25, 0.3) is 5.91 Å². The van der Waals surface area contributed by atoms with Gasteiger partial charge in [0, 0.05) is 10.6 Å². The molecule has 4 aromatic rings. The van der Waals surface area contributed by atoms with Gasteiger partial charge in [0.05, 0.1) is 28.6 Å². The van der Waals surface area contributed by atoms with Crippen LogP contribution in [-0.4, -0.2) is 15.7 Å². The number of hydrogen-bond donors (Lipinski definition) is 1. The van der Waals surface area contributed by atoms with E-state index in [0.29, 0.717) is 40.2 Å². The molecule has 4 rings (SSSR count). The minimum atomic E-state index is -0.210. The number of rotatable bonds is 7. The Kier molecular flexibility index (Phi) is 7.02. The molecule has 0 saturated heterocycles. The van der Waals surface area contributed by atoms with Crippen LogP contribution in [0.2, 0.25) is 10.0 Å². The monoisotopic (exact) mass is 479 g/mol. The number of hydrogen-bond acceptors (Lipinski definition) is 3. The van der Waals surface area contributed by atoms with E-state index in [0.717, 1.165) is 22.5 Å². The molecule has 168 valence electrons. The summed E-state index contributed by atoms with van der Waals surface area (Å²) in [7, 11) is 0. The van der Waals surface area contributed by atoms with Crippen molar-refractivity contribution in [2.45, 2.75) is 27.0 Å². The number of para-hydroxylation sites is 1. The SMILES string of the molecule is Cc1nn(Cc2ccccc2Cl)c(C)c1NC(=O)c1cccc(COc2ccccc2Cl)c1. The number of carbonyl (C=O) groups is 1. The van der Waals surface area contributed by atoms with E-state index in [2.05, 4.69) is 10.4 Å². The molecular weight excluding hydrogens is 457 g/mol. The fourth-order valence-corrected chi connectivity index (χ4v) is 3.92. The van der Waals surface area contributed by atoms with Gasteiger partial charge in [0.1, 0.15) is 12.4 Å². The number of aryl methyl sites for hydroxylation is 1. The molecule has 0 radical (unpaired) electrons. The maximum Gasteiger partial charge on any atom is 0.255 e. The normalized spacial score (nSPS) is 10.8. The quantitative estimate of drug-likeness (QED) is 0.321. The first kappa shape index (κ1) is 22.9. The fraction of sp³-hybridized carbons (Fsp3) is 0.154. The minimum absolute atomic E-state index is 0.210. The summed E-state index contributed by atoms with van der Waals surface area (Å²) in [5, 5.41) is 8.84. The van der Waals surface area contributed by atoms with Crippen molar-refractivity contribution in [3.63, 3.8) is 0 Å². The lowest BCUT2D eigenvalue weighted by molar-refractivity contribution is 0.102. The van der Waals surface area contributed by atoms with Crippen LogP contribution in [0.4, 0.5) is 5.69 Å². The largest absolute Gasteiger partial charge is 0.487 e. The Bertz CT molecular complexity index is 1300. The average molecular weight is 480 g/mol. The fourth-order valence-electron chi connectivity index (χ4n) is 3.53. The Balaban J connectivity index is 1.47. The average Bonchev–Trinajstić information content (AvgIpc) is 3.07. The molecule has 3 aromatic carbocycles. The van der Waals surface area contributed by atoms with Crippen LogP contribution in [-0.2, 0) is 13.2 Å². The number of benzene rings is 3. The van der Waals surface area contributed by atoms with Crippen molar-refractivity contribution >= 4 is 34.8 Å². The lowest BCUT2D eigenvalue weighted by Gasteiger charge is -2.10. The lowest BCUT2D eigenvalue weighted by atomic mass is 10.1. The van der Waals surface area contributed by atoms with Crippen molar-refractivity contribution in [1.82, 2.24) is 9.78 Å². The van der Waals surface area contributed by atoms with E-state index in [1.165, 1.54) is 0 Å². The van der Waals surface area contributed by atoms with E-state index in [-0.39, 0.29) is 5.91 Å². The molecule has 0 fully saturated rings. The van der Waals surface area contributed by atoms with Gasteiger partial charge in [-0.2, -0.15) is 5.10 Å². The molecule has 7 heteroatoms. The molecular formula is C26H23Cl2N3O2. The Hall–Kier alpha value is -3.28. The first-order valence-corrected chi connectivity index (χ1v) is 11.2. The number of nitrogens with one attached hydrogen (secondary N) is 1. The number of aromatic nitrogens is 2.